The van der Waals surface area contributed by atoms with Crippen LogP contribution in [0.5, 0.6) is 5.75 Å². The van der Waals surface area contributed by atoms with Crippen LogP contribution < -0.4 is 16.2 Å². The molecule has 5 heterocycles. The van der Waals surface area contributed by atoms with Gasteiger partial charge in [-0.25, -0.2) is 24.3 Å². The standard InChI is InChI=1S/C32H34FN9O3/c1-40-29-24(7-19(9-26(29)45-2)32(44)41-15-21(33)10-22(34)16-41)39-31(40)25-8-18-5-6-23(38-30(18)42(25)14-17-3-4-17)20-12-36-28(37-13-20)11-27(35)43/h5-9,12-13,17,21-22H,3-4,10-11,14-16,34H2,1-2H3,(H2,35,43)/t21-,22-/m1/s1. The number of aryl methyl sites for hydroxylation is 1. The molecule has 0 spiro atoms. The van der Waals surface area contributed by atoms with Crippen LogP contribution in [0.3, 0.4) is 0 Å². The van der Waals surface area contributed by atoms with E-state index in [1.807, 2.05) is 23.7 Å². The molecule has 1 saturated heterocycles. The minimum Gasteiger partial charge on any atom is -0.494 e. The Morgan fingerprint density at radius 1 is 1.09 bits per heavy atom. The first-order chi connectivity index (χ1) is 21.7. The minimum atomic E-state index is -1.15. The number of amides is 2. The van der Waals surface area contributed by atoms with Crippen LogP contribution in [0.4, 0.5) is 4.39 Å². The number of fused-ring (bicyclic) bond motifs is 2. The Labute approximate surface area is 258 Å². The summed E-state index contributed by atoms with van der Waals surface area (Å²) >= 11 is 0. The molecule has 0 unspecified atom stereocenters. The van der Waals surface area contributed by atoms with Gasteiger partial charge in [0, 0.05) is 55.1 Å². The number of carbonyl (C=O) groups is 2. The van der Waals surface area contributed by atoms with Gasteiger partial charge in [0.25, 0.3) is 5.91 Å². The summed E-state index contributed by atoms with van der Waals surface area (Å²) in [5, 5.41) is 0.956. The van der Waals surface area contributed by atoms with Gasteiger partial charge in [0.15, 0.2) is 5.82 Å². The highest BCUT2D eigenvalue weighted by atomic mass is 19.1. The molecule has 4 aromatic heterocycles. The largest absolute Gasteiger partial charge is 0.494 e. The van der Waals surface area contributed by atoms with Crippen molar-refractivity contribution in [3.05, 3.63) is 54.1 Å². The van der Waals surface area contributed by atoms with Crippen molar-refractivity contribution in [3.8, 4) is 28.5 Å². The summed E-state index contributed by atoms with van der Waals surface area (Å²) in [5.41, 5.74) is 16.1. The number of methoxy groups -OCH3 is 1. The van der Waals surface area contributed by atoms with Crippen LogP contribution in [0.2, 0.25) is 0 Å². The SMILES string of the molecule is COc1cc(C(=O)N2C[C@H](N)C[C@@H](F)C2)cc2nc(-c3cc4ccc(-c5cnc(CC(N)=O)nc5)nc4n3CC3CC3)n(C)c12. The second-order valence-electron chi connectivity index (χ2n) is 12.1. The molecule has 13 heteroatoms. The van der Waals surface area contributed by atoms with Crippen molar-refractivity contribution in [2.45, 2.75) is 44.4 Å². The van der Waals surface area contributed by atoms with E-state index in [0.717, 1.165) is 47.2 Å². The molecule has 5 aromatic rings. The van der Waals surface area contributed by atoms with E-state index >= 15 is 0 Å². The first kappa shape index (κ1) is 28.8. The lowest BCUT2D eigenvalue weighted by Gasteiger charge is -2.33. The highest BCUT2D eigenvalue weighted by Crippen LogP contribution is 2.38. The number of hydrogen-bond donors (Lipinski definition) is 2. The maximum Gasteiger partial charge on any atom is 0.254 e. The molecule has 1 aliphatic carbocycles. The Morgan fingerprint density at radius 3 is 2.56 bits per heavy atom. The zero-order chi connectivity index (χ0) is 31.4. The van der Waals surface area contributed by atoms with Crippen LogP contribution in [0.15, 0.2) is 42.7 Å². The molecule has 12 nitrogen and oxygen atoms in total. The fourth-order valence-electron chi connectivity index (χ4n) is 6.19. The molecule has 2 atom stereocenters. The number of imidazole rings is 1. The van der Waals surface area contributed by atoms with Crippen LogP contribution in [-0.4, -0.2) is 78.2 Å². The van der Waals surface area contributed by atoms with Gasteiger partial charge in [-0.2, -0.15) is 0 Å². The van der Waals surface area contributed by atoms with Crippen LogP contribution in [0.25, 0.3) is 44.8 Å². The van der Waals surface area contributed by atoms with Crippen molar-refractivity contribution in [2.75, 3.05) is 20.2 Å². The van der Waals surface area contributed by atoms with Crippen molar-refractivity contribution in [3.63, 3.8) is 0 Å². The molecular formula is C32H34FN9O3. The van der Waals surface area contributed by atoms with E-state index in [1.165, 1.54) is 4.90 Å². The highest BCUT2D eigenvalue weighted by molar-refractivity contribution is 6.00. The lowest BCUT2D eigenvalue weighted by molar-refractivity contribution is -0.117. The molecule has 4 N–H and O–H groups in total. The number of likely N-dealkylation sites (tertiary alicyclic amines) is 1. The average molecular weight is 612 g/mol. The van der Waals surface area contributed by atoms with E-state index in [-0.39, 0.29) is 25.3 Å². The van der Waals surface area contributed by atoms with Crippen molar-refractivity contribution >= 4 is 33.9 Å². The third-order valence-electron chi connectivity index (χ3n) is 8.56. The molecule has 1 aromatic carbocycles. The zero-order valence-electron chi connectivity index (χ0n) is 25.1. The van der Waals surface area contributed by atoms with E-state index in [9.17, 15) is 14.0 Å². The molecular weight excluding hydrogens is 577 g/mol. The number of nitrogens with zero attached hydrogens (tertiary/aromatic N) is 7. The quantitative estimate of drug-likeness (QED) is 0.271. The molecule has 2 fully saturated rings. The molecule has 7 rings (SSSR count). The topological polar surface area (TPSA) is 160 Å². The second-order valence-corrected chi connectivity index (χ2v) is 12.1. The first-order valence-electron chi connectivity index (χ1n) is 15.0. The van der Waals surface area contributed by atoms with Crippen LogP contribution >= 0.6 is 0 Å². The molecule has 0 bridgehead atoms. The molecule has 232 valence electrons. The maximum atomic E-state index is 14.3. The smallest absolute Gasteiger partial charge is 0.254 e. The van der Waals surface area contributed by atoms with Gasteiger partial charge in [-0.3, -0.25) is 9.59 Å². The second kappa shape index (κ2) is 11.2. The monoisotopic (exact) mass is 611 g/mol. The zero-order valence-corrected chi connectivity index (χ0v) is 25.1. The Hall–Kier alpha value is -4.91. The molecule has 2 aliphatic rings. The van der Waals surface area contributed by atoms with Crippen LogP contribution in [0.1, 0.15) is 35.4 Å². The van der Waals surface area contributed by atoms with Crippen LogP contribution in [0, 0.1) is 5.92 Å². The summed E-state index contributed by atoms with van der Waals surface area (Å²) in [4.78, 5) is 44.8. The Bertz CT molecular complexity index is 1940. The molecule has 2 amide bonds. The number of alkyl halides is 1. The number of aromatic nitrogens is 6. The van der Waals surface area contributed by atoms with Crippen molar-refractivity contribution < 1.29 is 18.7 Å². The molecule has 1 aliphatic heterocycles. The molecule has 45 heavy (non-hydrogen) atoms. The molecule has 1 saturated carbocycles. The van der Waals surface area contributed by atoms with E-state index < -0.39 is 18.1 Å². The van der Waals surface area contributed by atoms with Gasteiger partial charge in [-0.1, -0.05) is 0 Å². The van der Waals surface area contributed by atoms with Gasteiger partial charge in [0.05, 0.1) is 37.0 Å². The Balaban J connectivity index is 1.30. The lowest BCUT2D eigenvalue weighted by atomic mass is 10.0. The number of hydrogen-bond acceptors (Lipinski definition) is 8. The summed E-state index contributed by atoms with van der Waals surface area (Å²) in [7, 11) is 3.48. The minimum absolute atomic E-state index is 0.0141. The summed E-state index contributed by atoms with van der Waals surface area (Å²) in [6.07, 6.45) is 4.67. The van der Waals surface area contributed by atoms with Crippen molar-refractivity contribution in [1.29, 1.82) is 0 Å². The van der Waals surface area contributed by atoms with Gasteiger partial charge in [-0.05, 0) is 55.5 Å². The fourth-order valence-corrected chi connectivity index (χ4v) is 6.19. The Kier molecular flexibility index (Phi) is 7.19. The number of nitrogens with two attached hydrogens (primary N) is 2. The number of piperidine rings is 1. The number of ether oxygens (including phenoxy) is 1. The predicted molar refractivity (Wildman–Crippen MR) is 166 cm³/mol. The number of rotatable bonds is 8. The molecule has 0 radical (unpaired) electrons. The van der Waals surface area contributed by atoms with Gasteiger partial charge in [-0.15, -0.1) is 0 Å². The number of halogens is 1. The maximum absolute atomic E-state index is 14.3. The summed E-state index contributed by atoms with van der Waals surface area (Å²) < 4.78 is 24.2. The van der Waals surface area contributed by atoms with Gasteiger partial charge in [0.2, 0.25) is 5.91 Å². The first-order valence-corrected chi connectivity index (χ1v) is 15.0. The third-order valence-corrected chi connectivity index (χ3v) is 8.56. The average Bonchev–Trinajstić information content (AvgIpc) is 3.69. The van der Waals surface area contributed by atoms with Crippen molar-refractivity contribution in [2.24, 2.45) is 24.4 Å². The highest BCUT2D eigenvalue weighted by Gasteiger charge is 2.30. The lowest BCUT2D eigenvalue weighted by Crippen LogP contribution is -2.50. The van der Waals surface area contributed by atoms with E-state index in [4.69, 9.17) is 26.2 Å². The summed E-state index contributed by atoms with van der Waals surface area (Å²) in [6, 6.07) is 9.04. The van der Waals surface area contributed by atoms with E-state index in [1.54, 1.807) is 31.6 Å². The van der Waals surface area contributed by atoms with Gasteiger partial charge < -0.3 is 30.2 Å². The van der Waals surface area contributed by atoms with Gasteiger partial charge >= 0.3 is 0 Å². The summed E-state index contributed by atoms with van der Waals surface area (Å²) in [5.74, 6) is 1.32. The number of pyridine rings is 1. The predicted octanol–water partition coefficient (Wildman–Crippen LogP) is 3.00. The third kappa shape index (κ3) is 5.48. The number of carbonyl (C=O) groups excluding carboxylic acids is 2. The Morgan fingerprint density at radius 2 is 1.87 bits per heavy atom. The number of primary amides is 1. The van der Waals surface area contributed by atoms with Crippen molar-refractivity contribution in [1.82, 2.24) is 34.0 Å². The van der Waals surface area contributed by atoms with E-state index in [2.05, 4.69) is 20.6 Å². The number of benzene rings is 1. The van der Waals surface area contributed by atoms with Crippen LogP contribution in [-0.2, 0) is 24.8 Å². The summed E-state index contributed by atoms with van der Waals surface area (Å²) in [6.45, 7) is 1.10. The van der Waals surface area contributed by atoms with Gasteiger partial charge in [0.1, 0.15) is 28.9 Å². The fraction of sp³-hybridized carbons (Fsp3) is 0.375. The normalized spacial score (nSPS) is 18.5. The van der Waals surface area contributed by atoms with E-state index in [0.29, 0.717) is 46.6 Å².